The Morgan fingerprint density at radius 3 is 2.47 bits per heavy atom. The van der Waals surface area contributed by atoms with Crippen molar-refractivity contribution in [2.75, 3.05) is 33.2 Å². The van der Waals surface area contributed by atoms with Gasteiger partial charge < -0.3 is 10.6 Å². The van der Waals surface area contributed by atoms with Crippen LogP contribution in [0.3, 0.4) is 0 Å². The molecule has 0 unspecified atom stereocenters. The summed E-state index contributed by atoms with van der Waals surface area (Å²) in [6.07, 6.45) is 5.25. The van der Waals surface area contributed by atoms with Gasteiger partial charge in [0.1, 0.15) is 0 Å². The van der Waals surface area contributed by atoms with Crippen LogP contribution in [0.4, 0.5) is 0 Å². The van der Waals surface area contributed by atoms with Crippen molar-refractivity contribution in [3.05, 3.63) is 0 Å². The summed E-state index contributed by atoms with van der Waals surface area (Å²) in [6, 6.07) is 0.854. The molecule has 0 bridgehead atoms. The van der Waals surface area contributed by atoms with Crippen molar-refractivity contribution < 1.29 is 0 Å². The highest BCUT2D eigenvalue weighted by molar-refractivity contribution is 5.79. The van der Waals surface area contributed by atoms with E-state index in [-0.39, 0.29) is 0 Å². The standard InChI is InChI=1S/C15H32N4/c1-5-19(14-8-9-14)12-11-18-15(16-4)17-10-6-7-13(2)3/h13-14H,5-12H2,1-4H3,(H2,16,17,18). The van der Waals surface area contributed by atoms with Crippen LogP contribution in [0.25, 0.3) is 0 Å². The van der Waals surface area contributed by atoms with Crippen LogP contribution in [0.2, 0.25) is 0 Å². The first-order chi connectivity index (χ1) is 9.17. The van der Waals surface area contributed by atoms with Crippen LogP contribution in [-0.4, -0.2) is 50.1 Å². The minimum atomic E-state index is 0.786. The van der Waals surface area contributed by atoms with Gasteiger partial charge in [0, 0.05) is 32.7 Å². The zero-order valence-electron chi connectivity index (χ0n) is 13.2. The highest BCUT2D eigenvalue weighted by atomic mass is 15.2. The fraction of sp³-hybridized carbons (Fsp3) is 0.933. The Bertz CT molecular complexity index is 259. The van der Waals surface area contributed by atoms with Crippen molar-refractivity contribution in [3.63, 3.8) is 0 Å². The van der Waals surface area contributed by atoms with Gasteiger partial charge >= 0.3 is 0 Å². The number of nitrogens with zero attached hydrogens (tertiary/aromatic N) is 2. The maximum Gasteiger partial charge on any atom is 0.191 e. The van der Waals surface area contributed by atoms with Gasteiger partial charge in [-0.05, 0) is 38.1 Å². The summed E-state index contributed by atoms with van der Waals surface area (Å²) in [5.41, 5.74) is 0. The quantitative estimate of drug-likeness (QED) is 0.382. The summed E-state index contributed by atoms with van der Waals surface area (Å²) in [5.74, 6) is 1.73. The largest absolute Gasteiger partial charge is 0.356 e. The van der Waals surface area contributed by atoms with E-state index in [0.29, 0.717) is 0 Å². The van der Waals surface area contributed by atoms with E-state index in [4.69, 9.17) is 0 Å². The van der Waals surface area contributed by atoms with Crippen molar-refractivity contribution >= 4 is 5.96 Å². The second-order valence-corrected chi connectivity index (χ2v) is 5.82. The molecule has 1 rings (SSSR count). The predicted octanol–water partition coefficient (Wildman–Crippen LogP) is 2.07. The predicted molar refractivity (Wildman–Crippen MR) is 83.7 cm³/mol. The van der Waals surface area contributed by atoms with E-state index in [2.05, 4.69) is 41.3 Å². The number of likely N-dealkylation sites (N-methyl/N-ethyl adjacent to an activating group) is 1. The highest BCUT2D eigenvalue weighted by Gasteiger charge is 2.27. The first kappa shape index (κ1) is 16.3. The maximum atomic E-state index is 4.26. The Morgan fingerprint density at radius 2 is 1.95 bits per heavy atom. The minimum Gasteiger partial charge on any atom is -0.356 e. The normalized spacial score (nSPS) is 16.2. The molecule has 1 aliphatic carbocycles. The lowest BCUT2D eigenvalue weighted by atomic mass is 10.1. The van der Waals surface area contributed by atoms with Gasteiger partial charge in [-0.3, -0.25) is 9.89 Å². The molecule has 1 aliphatic rings. The van der Waals surface area contributed by atoms with Crippen molar-refractivity contribution in [2.45, 2.75) is 52.5 Å². The molecule has 0 atom stereocenters. The Balaban J connectivity index is 2.07. The van der Waals surface area contributed by atoms with Gasteiger partial charge in [0.05, 0.1) is 0 Å². The average Bonchev–Trinajstić information content (AvgIpc) is 3.21. The number of nitrogens with one attached hydrogen (secondary N) is 2. The van der Waals surface area contributed by atoms with Gasteiger partial charge in [-0.2, -0.15) is 0 Å². The second-order valence-electron chi connectivity index (χ2n) is 5.82. The molecule has 0 aromatic heterocycles. The molecule has 2 N–H and O–H groups in total. The molecule has 0 aromatic rings. The Morgan fingerprint density at radius 1 is 1.26 bits per heavy atom. The van der Waals surface area contributed by atoms with E-state index in [1.165, 1.54) is 25.7 Å². The fourth-order valence-corrected chi connectivity index (χ4v) is 2.29. The van der Waals surface area contributed by atoms with Gasteiger partial charge in [0.2, 0.25) is 0 Å². The molecule has 4 heteroatoms. The first-order valence-electron chi connectivity index (χ1n) is 7.86. The van der Waals surface area contributed by atoms with Crippen LogP contribution >= 0.6 is 0 Å². The van der Waals surface area contributed by atoms with Crippen LogP contribution in [0.1, 0.15) is 46.5 Å². The van der Waals surface area contributed by atoms with E-state index < -0.39 is 0 Å². The van der Waals surface area contributed by atoms with Crippen LogP contribution in [0.15, 0.2) is 4.99 Å². The number of guanidine groups is 1. The van der Waals surface area contributed by atoms with Gasteiger partial charge in [-0.25, -0.2) is 0 Å². The van der Waals surface area contributed by atoms with Gasteiger partial charge in [0.25, 0.3) is 0 Å². The summed E-state index contributed by atoms with van der Waals surface area (Å²) in [4.78, 5) is 6.82. The number of hydrogen-bond donors (Lipinski definition) is 2. The summed E-state index contributed by atoms with van der Waals surface area (Å²) >= 11 is 0. The molecular formula is C15H32N4. The van der Waals surface area contributed by atoms with Crippen LogP contribution in [0.5, 0.6) is 0 Å². The topological polar surface area (TPSA) is 39.7 Å². The summed E-state index contributed by atoms with van der Waals surface area (Å²) in [5, 5.41) is 6.78. The molecule has 19 heavy (non-hydrogen) atoms. The molecule has 0 spiro atoms. The number of hydrogen-bond acceptors (Lipinski definition) is 2. The average molecular weight is 268 g/mol. The molecule has 1 fully saturated rings. The third-order valence-electron chi connectivity index (χ3n) is 3.64. The molecule has 0 aromatic carbocycles. The summed E-state index contributed by atoms with van der Waals surface area (Å²) in [6.45, 7) is 11.1. The molecule has 1 saturated carbocycles. The lowest BCUT2D eigenvalue weighted by Crippen LogP contribution is -2.42. The molecule has 0 saturated heterocycles. The van der Waals surface area contributed by atoms with E-state index >= 15 is 0 Å². The van der Waals surface area contributed by atoms with Gasteiger partial charge in [-0.15, -0.1) is 0 Å². The van der Waals surface area contributed by atoms with Gasteiger partial charge in [0.15, 0.2) is 5.96 Å². The van der Waals surface area contributed by atoms with E-state index in [1.54, 1.807) is 0 Å². The molecule has 0 aliphatic heterocycles. The molecule has 112 valence electrons. The maximum absolute atomic E-state index is 4.26. The highest BCUT2D eigenvalue weighted by Crippen LogP contribution is 2.25. The third kappa shape index (κ3) is 7.41. The summed E-state index contributed by atoms with van der Waals surface area (Å²) in [7, 11) is 1.84. The summed E-state index contributed by atoms with van der Waals surface area (Å²) < 4.78 is 0. The zero-order chi connectivity index (χ0) is 14.1. The third-order valence-corrected chi connectivity index (χ3v) is 3.64. The monoisotopic (exact) mass is 268 g/mol. The van der Waals surface area contributed by atoms with Crippen LogP contribution in [0, 0.1) is 5.92 Å². The first-order valence-corrected chi connectivity index (χ1v) is 7.86. The Kier molecular flexibility index (Phi) is 7.87. The van der Waals surface area contributed by atoms with Gasteiger partial charge in [-0.1, -0.05) is 20.8 Å². The molecule has 0 amide bonds. The van der Waals surface area contributed by atoms with Crippen molar-refractivity contribution in [1.29, 1.82) is 0 Å². The number of rotatable bonds is 9. The lowest BCUT2D eigenvalue weighted by molar-refractivity contribution is 0.282. The Hall–Kier alpha value is -0.770. The van der Waals surface area contributed by atoms with Crippen molar-refractivity contribution in [2.24, 2.45) is 10.9 Å². The van der Waals surface area contributed by atoms with Crippen LogP contribution < -0.4 is 10.6 Å². The van der Waals surface area contributed by atoms with Crippen LogP contribution in [-0.2, 0) is 0 Å². The fourth-order valence-electron chi connectivity index (χ4n) is 2.29. The second kappa shape index (κ2) is 9.18. The van der Waals surface area contributed by atoms with Crippen molar-refractivity contribution in [3.8, 4) is 0 Å². The Labute approximate surface area is 119 Å². The number of aliphatic imine (C=N–C) groups is 1. The van der Waals surface area contributed by atoms with Crippen molar-refractivity contribution in [1.82, 2.24) is 15.5 Å². The lowest BCUT2D eigenvalue weighted by Gasteiger charge is -2.20. The van der Waals surface area contributed by atoms with E-state index in [9.17, 15) is 0 Å². The zero-order valence-corrected chi connectivity index (χ0v) is 13.2. The van der Waals surface area contributed by atoms with E-state index in [1.807, 2.05) is 7.05 Å². The smallest absolute Gasteiger partial charge is 0.191 e. The molecular weight excluding hydrogens is 236 g/mol. The molecule has 4 nitrogen and oxygen atoms in total. The van der Waals surface area contributed by atoms with E-state index in [0.717, 1.165) is 44.1 Å². The minimum absolute atomic E-state index is 0.786. The SMILES string of the molecule is CCN(CCNC(=NC)NCCCC(C)C)C1CC1. The molecule has 0 heterocycles. The molecule has 0 radical (unpaired) electrons.